The SMILES string of the molecule is O=C1CCCNc2ccc(OCc3ccccc3)cc21. The first kappa shape index (κ1) is 12.7. The molecule has 2 aromatic carbocycles. The fourth-order valence-corrected chi connectivity index (χ4v) is 2.35. The van der Waals surface area contributed by atoms with Crippen molar-refractivity contribution >= 4 is 11.5 Å². The van der Waals surface area contributed by atoms with Crippen LogP contribution in [-0.4, -0.2) is 12.3 Å². The van der Waals surface area contributed by atoms with Crippen molar-refractivity contribution < 1.29 is 9.53 Å². The highest BCUT2D eigenvalue weighted by Gasteiger charge is 2.15. The van der Waals surface area contributed by atoms with E-state index >= 15 is 0 Å². The van der Waals surface area contributed by atoms with Gasteiger partial charge in [0.25, 0.3) is 0 Å². The van der Waals surface area contributed by atoms with Crippen LogP contribution in [0.5, 0.6) is 5.75 Å². The largest absolute Gasteiger partial charge is 0.489 e. The van der Waals surface area contributed by atoms with Crippen LogP contribution < -0.4 is 10.1 Å². The molecule has 0 radical (unpaired) electrons. The summed E-state index contributed by atoms with van der Waals surface area (Å²) in [5, 5.41) is 3.28. The molecule has 0 aromatic heterocycles. The Bertz CT molecular complexity index is 608. The number of ketones is 1. The third-order valence-corrected chi connectivity index (χ3v) is 3.44. The van der Waals surface area contributed by atoms with Gasteiger partial charge in [-0.3, -0.25) is 4.79 Å². The zero-order valence-electron chi connectivity index (χ0n) is 11.3. The molecule has 20 heavy (non-hydrogen) atoms. The third-order valence-electron chi connectivity index (χ3n) is 3.44. The van der Waals surface area contributed by atoms with Crippen LogP contribution in [0.15, 0.2) is 48.5 Å². The molecule has 1 aliphatic rings. The van der Waals surface area contributed by atoms with E-state index in [1.54, 1.807) is 0 Å². The molecule has 0 unspecified atom stereocenters. The van der Waals surface area contributed by atoms with E-state index in [0.29, 0.717) is 13.0 Å². The first-order valence-corrected chi connectivity index (χ1v) is 6.91. The topological polar surface area (TPSA) is 38.3 Å². The summed E-state index contributed by atoms with van der Waals surface area (Å²) in [5.74, 6) is 0.930. The minimum atomic E-state index is 0.190. The molecule has 0 saturated carbocycles. The summed E-state index contributed by atoms with van der Waals surface area (Å²) >= 11 is 0. The fourth-order valence-electron chi connectivity index (χ4n) is 2.35. The number of fused-ring (bicyclic) bond motifs is 1. The van der Waals surface area contributed by atoms with Gasteiger partial charge in [0.05, 0.1) is 0 Å². The minimum absolute atomic E-state index is 0.190. The zero-order valence-corrected chi connectivity index (χ0v) is 11.3. The second-order valence-electron chi connectivity index (χ2n) is 4.94. The predicted molar refractivity (Wildman–Crippen MR) is 79.3 cm³/mol. The molecule has 102 valence electrons. The molecule has 0 atom stereocenters. The van der Waals surface area contributed by atoms with Gasteiger partial charge in [0.15, 0.2) is 5.78 Å². The number of hydrogen-bond acceptors (Lipinski definition) is 3. The van der Waals surface area contributed by atoms with Gasteiger partial charge in [-0.05, 0) is 30.2 Å². The third kappa shape index (κ3) is 2.82. The van der Waals surface area contributed by atoms with Crippen molar-refractivity contribution in [2.75, 3.05) is 11.9 Å². The fraction of sp³-hybridized carbons (Fsp3) is 0.235. The molecule has 1 N–H and O–H groups in total. The summed E-state index contributed by atoms with van der Waals surface area (Å²) in [4.78, 5) is 12.0. The molecule has 0 amide bonds. The molecular weight excluding hydrogens is 250 g/mol. The Morgan fingerprint density at radius 3 is 2.80 bits per heavy atom. The smallest absolute Gasteiger partial charge is 0.165 e. The van der Waals surface area contributed by atoms with E-state index in [1.807, 2.05) is 48.5 Å². The minimum Gasteiger partial charge on any atom is -0.489 e. The summed E-state index contributed by atoms with van der Waals surface area (Å²) in [7, 11) is 0. The van der Waals surface area contributed by atoms with Crippen molar-refractivity contribution in [3.8, 4) is 5.75 Å². The molecule has 0 fully saturated rings. The predicted octanol–water partition coefficient (Wildman–Crippen LogP) is 3.65. The van der Waals surface area contributed by atoms with Gasteiger partial charge in [-0.15, -0.1) is 0 Å². The van der Waals surface area contributed by atoms with Crippen LogP contribution in [0.3, 0.4) is 0 Å². The van der Waals surface area contributed by atoms with Gasteiger partial charge in [0, 0.05) is 24.2 Å². The summed E-state index contributed by atoms with van der Waals surface area (Å²) in [5.41, 5.74) is 2.78. The molecule has 3 rings (SSSR count). The number of carbonyl (C=O) groups excluding carboxylic acids is 1. The number of Topliss-reactive ketones (excluding diaryl/α,β-unsaturated/α-hetero) is 1. The lowest BCUT2D eigenvalue weighted by Gasteiger charge is -2.10. The summed E-state index contributed by atoms with van der Waals surface area (Å²) in [6, 6.07) is 15.7. The Hall–Kier alpha value is -2.29. The number of anilines is 1. The lowest BCUT2D eigenvalue weighted by Crippen LogP contribution is -2.02. The maximum atomic E-state index is 12.0. The van der Waals surface area contributed by atoms with E-state index in [2.05, 4.69) is 5.32 Å². The standard InChI is InChI=1S/C17H17NO2/c19-17-7-4-10-18-16-9-8-14(11-15(16)17)20-12-13-5-2-1-3-6-13/h1-3,5-6,8-9,11,18H,4,7,10,12H2. The highest BCUT2D eigenvalue weighted by atomic mass is 16.5. The molecule has 0 aliphatic carbocycles. The van der Waals surface area contributed by atoms with Crippen LogP contribution in [0, 0.1) is 0 Å². The average molecular weight is 267 g/mol. The highest BCUT2D eigenvalue weighted by Crippen LogP contribution is 2.26. The number of nitrogens with one attached hydrogen (secondary N) is 1. The summed E-state index contributed by atoms with van der Waals surface area (Å²) in [6.45, 7) is 1.37. The van der Waals surface area contributed by atoms with Crippen molar-refractivity contribution in [2.24, 2.45) is 0 Å². The first-order chi connectivity index (χ1) is 9.83. The maximum Gasteiger partial charge on any atom is 0.165 e. The van der Waals surface area contributed by atoms with E-state index in [1.165, 1.54) is 0 Å². The Labute approximate surface area is 118 Å². The molecule has 0 spiro atoms. The molecule has 3 nitrogen and oxygen atoms in total. The number of ether oxygens (including phenoxy) is 1. The van der Waals surface area contributed by atoms with Crippen LogP contribution in [0.2, 0.25) is 0 Å². The Kier molecular flexibility index (Phi) is 3.68. The van der Waals surface area contributed by atoms with Crippen molar-refractivity contribution in [1.82, 2.24) is 0 Å². The molecule has 1 aliphatic heterocycles. The van der Waals surface area contributed by atoms with Gasteiger partial charge >= 0.3 is 0 Å². The zero-order chi connectivity index (χ0) is 13.8. The van der Waals surface area contributed by atoms with Crippen LogP contribution in [0.4, 0.5) is 5.69 Å². The molecule has 0 bridgehead atoms. The van der Waals surface area contributed by atoms with E-state index in [0.717, 1.165) is 35.5 Å². The van der Waals surface area contributed by atoms with Gasteiger partial charge in [0.1, 0.15) is 12.4 Å². The lowest BCUT2D eigenvalue weighted by molar-refractivity contribution is 0.0983. The molecule has 2 aromatic rings. The molecule has 1 heterocycles. The van der Waals surface area contributed by atoms with E-state index in [9.17, 15) is 4.79 Å². The van der Waals surface area contributed by atoms with E-state index in [-0.39, 0.29) is 5.78 Å². The van der Waals surface area contributed by atoms with Gasteiger partial charge in [-0.1, -0.05) is 30.3 Å². The molecular formula is C17H17NO2. The van der Waals surface area contributed by atoms with Crippen molar-refractivity contribution in [3.63, 3.8) is 0 Å². The number of rotatable bonds is 3. The van der Waals surface area contributed by atoms with Crippen LogP contribution >= 0.6 is 0 Å². The lowest BCUT2D eigenvalue weighted by atomic mass is 10.1. The second-order valence-corrected chi connectivity index (χ2v) is 4.94. The van der Waals surface area contributed by atoms with Crippen molar-refractivity contribution in [2.45, 2.75) is 19.4 Å². The van der Waals surface area contributed by atoms with Crippen LogP contribution in [-0.2, 0) is 6.61 Å². The maximum absolute atomic E-state index is 12.0. The second kappa shape index (κ2) is 5.78. The quantitative estimate of drug-likeness (QED) is 0.922. The number of benzene rings is 2. The average Bonchev–Trinajstić information content (AvgIpc) is 2.68. The molecule has 3 heteroatoms. The van der Waals surface area contributed by atoms with E-state index < -0.39 is 0 Å². The normalized spacial score (nSPS) is 14.1. The highest BCUT2D eigenvalue weighted by molar-refractivity contribution is 6.02. The Morgan fingerprint density at radius 2 is 1.95 bits per heavy atom. The molecule has 0 saturated heterocycles. The van der Waals surface area contributed by atoms with Gasteiger partial charge in [-0.25, -0.2) is 0 Å². The monoisotopic (exact) mass is 267 g/mol. The Balaban J connectivity index is 1.76. The van der Waals surface area contributed by atoms with Crippen LogP contribution in [0.1, 0.15) is 28.8 Å². The summed E-state index contributed by atoms with van der Waals surface area (Å²) in [6.07, 6.45) is 1.48. The summed E-state index contributed by atoms with van der Waals surface area (Å²) < 4.78 is 5.77. The first-order valence-electron chi connectivity index (χ1n) is 6.91. The van der Waals surface area contributed by atoms with E-state index in [4.69, 9.17) is 4.74 Å². The van der Waals surface area contributed by atoms with Crippen molar-refractivity contribution in [3.05, 3.63) is 59.7 Å². The number of carbonyl (C=O) groups is 1. The van der Waals surface area contributed by atoms with Gasteiger partial charge < -0.3 is 10.1 Å². The van der Waals surface area contributed by atoms with Gasteiger partial charge in [-0.2, -0.15) is 0 Å². The van der Waals surface area contributed by atoms with Gasteiger partial charge in [0.2, 0.25) is 0 Å². The van der Waals surface area contributed by atoms with Crippen molar-refractivity contribution in [1.29, 1.82) is 0 Å². The Morgan fingerprint density at radius 1 is 1.10 bits per heavy atom. The van der Waals surface area contributed by atoms with Crippen LogP contribution in [0.25, 0.3) is 0 Å². The number of hydrogen-bond donors (Lipinski definition) is 1.